The van der Waals surface area contributed by atoms with Crippen molar-refractivity contribution in [2.75, 3.05) is 0 Å². The summed E-state index contributed by atoms with van der Waals surface area (Å²) in [5.41, 5.74) is 2.22. The summed E-state index contributed by atoms with van der Waals surface area (Å²) in [6.45, 7) is 8.42. The maximum absolute atomic E-state index is 13.2. The van der Waals surface area contributed by atoms with Crippen LogP contribution in [0.5, 0.6) is 11.6 Å². The summed E-state index contributed by atoms with van der Waals surface area (Å²) in [7, 11) is 0. The molecule has 2 aromatic carbocycles. The fourth-order valence-electron chi connectivity index (χ4n) is 3.66. The smallest absolute Gasteiger partial charge is 0.416 e. The zero-order valence-electron chi connectivity index (χ0n) is 18.2. The molecule has 4 aromatic rings. The fourth-order valence-corrected chi connectivity index (χ4v) is 4.55. The van der Waals surface area contributed by atoms with E-state index >= 15 is 0 Å². The number of hydrogen-bond acceptors (Lipinski definition) is 4. The SMILES string of the molecule is CC(C)c1cccc(C(C)C)c1Oc1nnc(-c2cccc(C(F)(F)F)c2)c2sccc12. The summed E-state index contributed by atoms with van der Waals surface area (Å²) >= 11 is 1.40. The van der Waals surface area contributed by atoms with Gasteiger partial charge in [0.25, 0.3) is 0 Å². The predicted octanol–water partition coefficient (Wildman–Crippen LogP) is 8.42. The molecule has 0 amide bonds. The lowest BCUT2D eigenvalue weighted by atomic mass is 9.94. The summed E-state index contributed by atoms with van der Waals surface area (Å²) in [5, 5.41) is 11.2. The van der Waals surface area contributed by atoms with Crippen LogP contribution in [0, 0.1) is 0 Å². The van der Waals surface area contributed by atoms with Crippen LogP contribution in [0.1, 0.15) is 56.2 Å². The third-order valence-electron chi connectivity index (χ3n) is 5.33. The van der Waals surface area contributed by atoms with Crippen LogP contribution in [0.15, 0.2) is 53.9 Å². The zero-order chi connectivity index (χ0) is 23.0. The first kappa shape index (κ1) is 22.3. The van der Waals surface area contributed by atoms with Gasteiger partial charge in [0.2, 0.25) is 5.88 Å². The second-order valence-corrected chi connectivity index (χ2v) is 9.19. The van der Waals surface area contributed by atoms with Crippen LogP contribution in [0.25, 0.3) is 21.3 Å². The Morgan fingerprint density at radius 3 is 2.16 bits per heavy atom. The molecule has 3 nitrogen and oxygen atoms in total. The van der Waals surface area contributed by atoms with Crippen LogP contribution in [-0.4, -0.2) is 10.2 Å². The molecule has 32 heavy (non-hydrogen) atoms. The number of aromatic nitrogens is 2. The van der Waals surface area contributed by atoms with E-state index < -0.39 is 11.7 Å². The van der Waals surface area contributed by atoms with Gasteiger partial charge < -0.3 is 4.74 Å². The van der Waals surface area contributed by atoms with Gasteiger partial charge in [-0.3, -0.25) is 0 Å². The number of alkyl halides is 3. The maximum atomic E-state index is 13.2. The highest BCUT2D eigenvalue weighted by Crippen LogP contribution is 2.41. The first-order valence-corrected chi connectivity index (χ1v) is 11.3. The van der Waals surface area contributed by atoms with Crippen molar-refractivity contribution in [2.24, 2.45) is 0 Å². The molecule has 2 heterocycles. The van der Waals surface area contributed by atoms with E-state index in [4.69, 9.17) is 4.74 Å². The first-order valence-electron chi connectivity index (χ1n) is 10.4. The topological polar surface area (TPSA) is 35.0 Å². The van der Waals surface area contributed by atoms with Crippen LogP contribution < -0.4 is 4.74 Å². The molecule has 0 radical (unpaired) electrons. The van der Waals surface area contributed by atoms with Gasteiger partial charge >= 0.3 is 6.18 Å². The molecule has 0 bridgehead atoms. The highest BCUT2D eigenvalue weighted by Gasteiger charge is 2.31. The average Bonchev–Trinajstić information content (AvgIpc) is 3.23. The standard InChI is InChI=1S/C25H23F3N2OS/c1-14(2)18-9-6-10-19(15(3)4)22(18)31-24-20-11-12-32-23(20)21(29-30-24)16-7-5-8-17(13-16)25(26,27)28/h5-15H,1-4H3. The molecule has 0 atom stereocenters. The molecule has 0 fully saturated rings. The number of nitrogens with zero attached hydrogens (tertiary/aromatic N) is 2. The van der Waals surface area contributed by atoms with Gasteiger partial charge in [-0.25, -0.2) is 0 Å². The minimum atomic E-state index is -4.42. The van der Waals surface area contributed by atoms with Gasteiger partial charge in [0.1, 0.15) is 11.4 Å². The van der Waals surface area contributed by atoms with E-state index in [1.807, 2.05) is 29.6 Å². The Bertz CT molecular complexity index is 1240. The average molecular weight is 457 g/mol. The van der Waals surface area contributed by atoms with E-state index in [-0.39, 0.29) is 11.8 Å². The van der Waals surface area contributed by atoms with Crippen LogP contribution in [0.2, 0.25) is 0 Å². The van der Waals surface area contributed by atoms with Gasteiger partial charge in [-0.15, -0.1) is 21.5 Å². The van der Waals surface area contributed by atoms with Crippen molar-refractivity contribution in [1.29, 1.82) is 0 Å². The van der Waals surface area contributed by atoms with Crippen LogP contribution in [-0.2, 0) is 6.18 Å². The molecule has 0 aliphatic heterocycles. The minimum absolute atomic E-state index is 0.249. The van der Waals surface area contributed by atoms with Crippen LogP contribution >= 0.6 is 11.3 Å². The molecule has 0 spiro atoms. The van der Waals surface area contributed by atoms with Gasteiger partial charge in [0.05, 0.1) is 15.6 Å². The second-order valence-electron chi connectivity index (χ2n) is 8.27. The van der Waals surface area contributed by atoms with E-state index in [9.17, 15) is 13.2 Å². The molecule has 0 saturated heterocycles. The number of halogens is 3. The Balaban J connectivity index is 1.82. The number of fused-ring (bicyclic) bond motifs is 1. The van der Waals surface area contributed by atoms with Gasteiger partial charge in [0.15, 0.2) is 0 Å². The summed E-state index contributed by atoms with van der Waals surface area (Å²) in [4.78, 5) is 0. The molecule has 4 rings (SSSR count). The molecule has 0 aliphatic rings. The Kier molecular flexibility index (Phi) is 5.95. The first-order chi connectivity index (χ1) is 15.2. The number of benzene rings is 2. The third-order valence-corrected chi connectivity index (χ3v) is 6.25. The van der Waals surface area contributed by atoms with E-state index in [1.165, 1.54) is 17.4 Å². The zero-order valence-corrected chi connectivity index (χ0v) is 19.0. The largest absolute Gasteiger partial charge is 0.436 e. The van der Waals surface area contributed by atoms with Gasteiger partial charge in [0, 0.05) is 5.56 Å². The highest BCUT2D eigenvalue weighted by atomic mass is 32.1. The predicted molar refractivity (Wildman–Crippen MR) is 123 cm³/mol. The van der Waals surface area contributed by atoms with Crippen molar-refractivity contribution in [3.05, 3.63) is 70.6 Å². The van der Waals surface area contributed by atoms with Gasteiger partial charge in [-0.1, -0.05) is 58.0 Å². The van der Waals surface area contributed by atoms with E-state index in [0.29, 0.717) is 17.1 Å². The van der Waals surface area contributed by atoms with Crippen molar-refractivity contribution in [2.45, 2.75) is 45.7 Å². The molecule has 0 N–H and O–H groups in total. The Morgan fingerprint density at radius 2 is 1.53 bits per heavy atom. The van der Waals surface area contributed by atoms with E-state index in [1.54, 1.807) is 6.07 Å². The number of rotatable bonds is 5. The van der Waals surface area contributed by atoms with E-state index in [2.05, 4.69) is 37.9 Å². The summed E-state index contributed by atoms with van der Waals surface area (Å²) in [6.07, 6.45) is -4.42. The van der Waals surface area contributed by atoms with E-state index in [0.717, 1.165) is 39.1 Å². The molecular weight excluding hydrogens is 433 g/mol. The van der Waals surface area contributed by atoms with Crippen molar-refractivity contribution in [3.8, 4) is 22.9 Å². The summed E-state index contributed by atoms with van der Waals surface area (Å²) in [6, 6.07) is 13.1. The highest BCUT2D eigenvalue weighted by molar-refractivity contribution is 7.17. The van der Waals surface area contributed by atoms with Crippen LogP contribution in [0.3, 0.4) is 0 Å². The summed E-state index contributed by atoms with van der Waals surface area (Å²) < 4.78 is 46.7. The molecule has 7 heteroatoms. The monoisotopic (exact) mass is 456 g/mol. The molecule has 166 valence electrons. The Labute approximate surface area is 188 Å². The second kappa shape index (κ2) is 8.54. The number of para-hydroxylation sites is 1. The fraction of sp³-hybridized carbons (Fsp3) is 0.280. The molecule has 2 aromatic heterocycles. The van der Waals surface area contributed by atoms with Crippen molar-refractivity contribution < 1.29 is 17.9 Å². The van der Waals surface area contributed by atoms with Gasteiger partial charge in [-0.2, -0.15) is 13.2 Å². The van der Waals surface area contributed by atoms with Crippen molar-refractivity contribution in [3.63, 3.8) is 0 Å². The molecular formula is C25H23F3N2OS. The summed E-state index contributed by atoms with van der Waals surface area (Å²) in [5.74, 6) is 1.62. The molecule has 0 unspecified atom stereocenters. The quantitative estimate of drug-likeness (QED) is 0.302. The van der Waals surface area contributed by atoms with Crippen LogP contribution in [0.4, 0.5) is 13.2 Å². The minimum Gasteiger partial charge on any atom is -0.436 e. The lowest BCUT2D eigenvalue weighted by Crippen LogP contribution is -2.05. The normalized spacial score (nSPS) is 12.2. The lowest BCUT2D eigenvalue weighted by Gasteiger charge is -2.19. The molecule has 0 aliphatic carbocycles. The third kappa shape index (κ3) is 4.21. The lowest BCUT2D eigenvalue weighted by molar-refractivity contribution is -0.137. The van der Waals surface area contributed by atoms with Crippen molar-refractivity contribution >= 4 is 21.4 Å². The van der Waals surface area contributed by atoms with Gasteiger partial charge in [-0.05, 0) is 46.5 Å². The number of hydrogen-bond donors (Lipinski definition) is 0. The Hall–Kier alpha value is -2.93. The maximum Gasteiger partial charge on any atom is 0.416 e. The number of thiophene rings is 1. The van der Waals surface area contributed by atoms with Crippen molar-refractivity contribution in [1.82, 2.24) is 10.2 Å². The molecule has 0 saturated carbocycles. The Morgan fingerprint density at radius 1 is 0.875 bits per heavy atom. The number of ether oxygens (including phenoxy) is 1.